The number of nitrogens with zero attached hydrogens (tertiary/aromatic N) is 3. The zero-order chi connectivity index (χ0) is 17.2. The van der Waals surface area contributed by atoms with Crippen LogP contribution >= 0.6 is 11.3 Å². The number of aryl methyl sites for hydroxylation is 1. The molecular formula is C19H22N4OS. The fourth-order valence-corrected chi connectivity index (χ4v) is 4.55. The lowest BCUT2D eigenvalue weighted by Gasteiger charge is -2.23. The van der Waals surface area contributed by atoms with Gasteiger partial charge in [0.25, 0.3) is 0 Å². The van der Waals surface area contributed by atoms with Gasteiger partial charge < -0.3 is 5.32 Å². The van der Waals surface area contributed by atoms with Gasteiger partial charge in [-0.2, -0.15) is 5.10 Å². The van der Waals surface area contributed by atoms with Gasteiger partial charge in [-0.05, 0) is 31.2 Å². The van der Waals surface area contributed by atoms with E-state index in [4.69, 9.17) is 0 Å². The average molecular weight is 354 g/mol. The molecule has 130 valence electrons. The first-order valence-electron chi connectivity index (χ1n) is 8.85. The number of hydrogen-bond donors (Lipinski definition) is 1. The lowest BCUT2D eigenvalue weighted by Crippen LogP contribution is -2.32. The molecule has 4 rings (SSSR count). The minimum atomic E-state index is -0.0622. The zero-order valence-corrected chi connectivity index (χ0v) is 15.1. The van der Waals surface area contributed by atoms with Gasteiger partial charge in [0.2, 0.25) is 10.9 Å². The molecule has 1 aromatic carbocycles. The molecule has 5 nitrogen and oxygen atoms in total. The Balaban J connectivity index is 1.48. The molecule has 1 fully saturated rings. The van der Waals surface area contributed by atoms with Gasteiger partial charge in [0.15, 0.2) is 0 Å². The molecule has 2 aromatic heterocycles. The highest BCUT2D eigenvalue weighted by atomic mass is 32.1. The van der Waals surface area contributed by atoms with Crippen LogP contribution in [0.2, 0.25) is 0 Å². The quantitative estimate of drug-likeness (QED) is 0.760. The van der Waals surface area contributed by atoms with Gasteiger partial charge >= 0.3 is 0 Å². The summed E-state index contributed by atoms with van der Waals surface area (Å²) in [5.41, 5.74) is 1.97. The van der Waals surface area contributed by atoms with Crippen LogP contribution in [0.15, 0.2) is 36.5 Å². The Labute approximate surface area is 151 Å². The Morgan fingerprint density at radius 2 is 2.08 bits per heavy atom. The van der Waals surface area contributed by atoms with E-state index in [0.29, 0.717) is 12.5 Å². The molecule has 0 spiro atoms. The summed E-state index contributed by atoms with van der Waals surface area (Å²) in [5, 5.41) is 8.46. The Morgan fingerprint density at radius 1 is 1.32 bits per heavy atom. The Kier molecular flexibility index (Phi) is 4.53. The van der Waals surface area contributed by atoms with E-state index >= 15 is 0 Å². The molecule has 0 radical (unpaired) electrons. The van der Waals surface area contributed by atoms with Crippen LogP contribution in [0.5, 0.6) is 0 Å². The van der Waals surface area contributed by atoms with Crippen molar-refractivity contribution in [3.8, 4) is 0 Å². The largest absolute Gasteiger partial charge is 0.350 e. The van der Waals surface area contributed by atoms with Crippen LogP contribution in [-0.2, 0) is 11.3 Å². The summed E-state index contributed by atoms with van der Waals surface area (Å²) >= 11 is 1.56. The van der Waals surface area contributed by atoms with Crippen LogP contribution in [0.4, 0.5) is 0 Å². The lowest BCUT2D eigenvalue weighted by molar-refractivity contribution is -0.123. The van der Waals surface area contributed by atoms with Gasteiger partial charge in [-0.3, -0.25) is 4.79 Å². The maximum Gasteiger partial charge on any atom is 0.228 e. The van der Waals surface area contributed by atoms with Crippen LogP contribution in [0.25, 0.3) is 4.96 Å². The molecule has 6 heteroatoms. The molecule has 25 heavy (non-hydrogen) atoms. The molecule has 0 aliphatic heterocycles. The Hall–Kier alpha value is -2.21. The highest BCUT2D eigenvalue weighted by molar-refractivity contribution is 7.16. The summed E-state index contributed by atoms with van der Waals surface area (Å²) < 4.78 is 1.78. The maximum absolute atomic E-state index is 13.0. The van der Waals surface area contributed by atoms with Crippen molar-refractivity contribution in [2.75, 3.05) is 0 Å². The summed E-state index contributed by atoms with van der Waals surface area (Å²) in [5.74, 6) is 0.489. The lowest BCUT2D eigenvalue weighted by atomic mass is 9.84. The number of benzene rings is 1. The molecule has 1 saturated carbocycles. The molecule has 3 aromatic rings. The number of amides is 1. The van der Waals surface area contributed by atoms with Crippen molar-refractivity contribution in [3.63, 3.8) is 0 Å². The molecule has 0 bridgehead atoms. The first-order chi connectivity index (χ1) is 12.2. The third-order valence-electron chi connectivity index (χ3n) is 4.95. The number of rotatable bonds is 5. The highest BCUT2D eigenvalue weighted by Gasteiger charge is 2.31. The zero-order valence-electron chi connectivity index (χ0n) is 14.3. The first-order valence-corrected chi connectivity index (χ1v) is 9.67. The number of fused-ring (bicyclic) bond motifs is 1. The van der Waals surface area contributed by atoms with Gasteiger partial charge in [0, 0.05) is 0 Å². The molecule has 1 N–H and O–H groups in total. The average Bonchev–Trinajstić information content (AvgIpc) is 3.31. The monoisotopic (exact) mass is 354 g/mol. The summed E-state index contributed by atoms with van der Waals surface area (Å²) in [6.45, 7) is 2.41. The maximum atomic E-state index is 13.0. The van der Waals surface area contributed by atoms with Gasteiger partial charge in [-0.25, -0.2) is 9.50 Å². The topological polar surface area (TPSA) is 59.3 Å². The first kappa shape index (κ1) is 16.3. The van der Waals surface area contributed by atoms with Crippen LogP contribution in [0.1, 0.15) is 47.9 Å². The second kappa shape index (κ2) is 6.96. The Bertz CT molecular complexity index is 833. The summed E-state index contributed by atoms with van der Waals surface area (Å²) in [7, 11) is 0. The third kappa shape index (κ3) is 3.44. The van der Waals surface area contributed by atoms with Gasteiger partial charge in [0.1, 0.15) is 5.01 Å². The van der Waals surface area contributed by atoms with Crippen molar-refractivity contribution in [1.82, 2.24) is 19.9 Å². The standard InChI is InChI=1S/C19H22N4OS/c1-13-22-23-12-16(21-19(23)25-13)11-20-18(24)17(15-9-5-6-10-15)14-7-3-2-4-8-14/h2-4,7-8,12,15,17H,5-6,9-11H2,1H3,(H,20,24). The van der Waals surface area contributed by atoms with E-state index in [1.54, 1.807) is 15.9 Å². The van der Waals surface area contributed by atoms with Crippen molar-refractivity contribution < 1.29 is 4.79 Å². The highest BCUT2D eigenvalue weighted by Crippen LogP contribution is 2.37. The molecule has 1 atom stereocenters. The third-order valence-corrected chi connectivity index (χ3v) is 5.79. The predicted molar refractivity (Wildman–Crippen MR) is 98.6 cm³/mol. The molecule has 1 amide bonds. The molecule has 1 aliphatic rings. The number of nitrogens with one attached hydrogen (secondary N) is 1. The number of carbonyl (C=O) groups is 1. The number of imidazole rings is 1. The van der Waals surface area contributed by atoms with E-state index in [9.17, 15) is 4.79 Å². The summed E-state index contributed by atoms with van der Waals surface area (Å²) in [4.78, 5) is 18.4. The molecule has 0 saturated heterocycles. The van der Waals surface area contributed by atoms with Crippen LogP contribution < -0.4 is 5.32 Å². The minimum Gasteiger partial charge on any atom is -0.350 e. The molecular weight excluding hydrogens is 332 g/mol. The summed E-state index contributed by atoms with van der Waals surface area (Å²) in [6.07, 6.45) is 6.62. The molecule has 1 aliphatic carbocycles. The van der Waals surface area contributed by atoms with E-state index in [-0.39, 0.29) is 11.8 Å². The summed E-state index contributed by atoms with van der Waals surface area (Å²) in [6, 6.07) is 10.2. The fraction of sp³-hybridized carbons (Fsp3) is 0.421. The Morgan fingerprint density at radius 3 is 2.80 bits per heavy atom. The smallest absolute Gasteiger partial charge is 0.228 e. The van der Waals surface area contributed by atoms with Gasteiger partial charge in [0.05, 0.1) is 24.4 Å². The van der Waals surface area contributed by atoms with E-state index in [1.165, 1.54) is 12.8 Å². The van der Waals surface area contributed by atoms with Crippen molar-refractivity contribution in [1.29, 1.82) is 0 Å². The SMILES string of the molecule is Cc1nn2cc(CNC(=O)C(c3ccccc3)C3CCCC3)nc2s1. The van der Waals surface area contributed by atoms with Crippen LogP contribution in [-0.4, -0.2) is 20.5 Å². The van der Waals surface area contributed by atoms with E-state index in [0.717, 1.165) is 34.1 Å². The van der Waals surface area contributed by atoms with Crippen LogP contribution in [0.3, 0.4) is 0 Å². The van der Waals surface area contributed by atoms with Gasteiger partial charge in [-0.15, -0.1) is 0 Å². The predicted octanol–water partition coefficient (Wildman–Crippen LogP) is 3.69. The second-order valence-corrected chi connectivity index (χ2v) is 7.89. The molecule has 2 heterocycles. The van der Waals surface area contributed by atoms with Gasteiger partial charge in [-0.1, -0.05) is 54.5 Å². The van der Waals surface area contributed by atoms with E-state index < -0.39 is 0 Å². The minimum absolute atomic E-state index is 0.0622. The molecule has 1 unspecified atom stereocenters. The van der Waals surface area contributed by atoms with Crippen LogP contribution in [0, 0.1) is 12.8 Å². The number of carbonyl (C=O) groups excluding carboxylic acids is 1. The van der Waals surface area contributed by atoms with Crippen molar-refractivity contribution in [3.05, 3.63) is 52.8 Å². The van der Waals surface area contributed by atoms with Crippen molar-refractivity contribution in [2.45, 2.75) is 45.1 Å². The number of aromatic nitrogens is 3. The van der Waals surface area contributed by atoms with E-state index in [1.807, 2.05) is 31.3 Å². The normalized spacial score (nSPS) is 16.4. The second-order valence-electron chi connectivity index (χ2n) is 6.73. The fourth-order valence-electron chi connectivity index (χ4n) is 3.81. The van der Waals surface area contributed by atoms with Crippen molar-refractivity contribution >= 4 is 22.2 Å². The van der Waals surface area contributed by atoms with E-state index in [2.05, 4.69) is 27.5 Å². The number of hydrogen-bond acceptors (Lipinski definition) is 4. The van der Waals surface area contributed by atoms with Crippen molar-refractivity contribution in [2.24, 2.45) is 5.92 Å².